The highest BCUT2D eigenvalue weighted by Crippen LogP contribution is 2.32. The summed E-state index contributed by atoms with van der Waals surface area (Å²) >= 11 is 0. The van der Waals surface area contributed by atoms with Gasteiger partial charge in [-0.2, -0.15) is 0 Å². The number of aromatic nitrogens is 1. The van der Waals surface area contributed by atoms with E-state index in [0.29, 0.717) is 28.0 Å². The minimum Gasteiger partial charge on any atom is -0.493 e. The molecule has 1 aromatic heterocycles. The maximum atomic E-state index is 12.4. The number of nitrogens with zero attached hydrogens (tertiary/aromatic N) is 1. The van der Waals surface area contributed by atoms with Gasteiger partial charge < -0.3 is 13.9 Å². The van der Waals surface area contributed by atoms with Crippen molar-refractivity contribution in [3.8, 4) is 11.5 Å². The molecule has 0 aliphatic heterocycles. The number of aryl methyl sites for hydroxylation is 2. The third kappa shape index (κ3) is 3.01. The van der Waals surface area contributed by atoms with E-state index >= 15 is 0 Å². The van der Waals surface area contributed by atoms with Crippen molar-refractivity contribution in [3.63, 3.8) is 0 Å². The van der Waals surface area contributed by atoms with E-state index < -0.39 is 10.8 Å². The third-order valence-corrected chi connectivity index (χ3v) is 4.29. The lowest BCUT2D eigenvalue weighted by Crippen LogP contribution is -2.01. The number of ether oxygens (including phenoxy) is 2. The predicted octanol–water partition coefficient (Wildman–Crippen LogP) is 2.62. The van der Waals surface area contributed by atoms with Crippen LogP contribution in [0, 0.1) is 13.8 Å². The van der Waals surface area contributed by atoms with Crippen LogP contribution in [0.4, 0.5) is 0 Å². The van der Waals surface area contributed by atoms with Gasteiger partial charge in [-0.1, -0.05) is 0 Å². The summed E-state index contributed by atoms with van der Waals surface area (Å²) in [5.74, 6) is 2.60. The molecule has 1 atom stereocenters. The molecule has 108 valence electrons. The molecule has 2 aromatic rings. The Labute approximate surface area is 120 Å². The summed E-state index contributed by atoms with van der Waals surface area (Å²) in [5.41, 5.74) is 0.879. The summed E-state index contributed by atoms with van der Waals surface area (Å²) in [7, 11) is 1.88. The van der Waals surface area contributed by atoms with Crippen molar-refractivity contribution < 1.29 is 18.1 Å². The van der Waals surface area contributed by atoms with Crippen molar-refractivity contribution in [2.45, 2.75) is 24.5 Å². The van der Waals surface area contributed by atoms with Crippen molar-refractivity contribution in [2.75, 3.05) is 14.2 Å². The number of rotatable bonds is 5. The van der Waals surface area contributed by atoms with Gasteiger partial charge in [-0.25, -0.2) is 4.98 Å². The quantitative estimate of drug-likeness (QED) is 0.848. The third-order valence-electron chi connectivity index (χ3n) is 2.85. The molecule has 0 aliphatic carbocycles. The molecule has 6 heteroatoms. The average Bonchev–Trinajstić information content (AvgIpc) is 2.83. The van der Waals surface area contributed by atoms with Gasteiger partial charge in [0.05, 0.1) is 31.2 Å². The molecule has 5 nitrogen and oxygen atoms in total. The zero-order valence-electron chi connectivity index (χ0n) is 11.9. The minimum absolute atomic E-state index is 0.240. The highest BCUT2D eigenvalue weighted by atomic mass is 32.2. The molecule has 0 aliphatic rings. The number of oxazole rings is 1. The lowest BCUT2D eigenvalue weighted by Gasteiger charge is -2.11. The maximum absolute atomic E-state index is 12.4. The molecule has 0 saturated carbocycles. The van der Waals surface area contributed by atoms with Crippen LogP contribution >= 0.6 is 0 Å². The van der Waals surface area contributed by atoms with Crippen molar-refractivity contribution in [1.82, 2.24) is 4.98 Å². The second-order valence-electron chi connectivity index (χ2n) is 4.33. The number of methoxy groups -OCH3 is 2. The smallest absolute Gasteiger partial charge is 0.207 e. The normalized spacial score (nSPS) is 12.2. The Kier molecular flexibility index (Phi) is 4.44. The van der Waals surface area contributed by atoms with E-state index in [0.717, 1.165) is 5.56 Å². The van der Waals surface area contributed by atoms with Crippen LogP contribution < -0.4 is 9.47 Å². The molecule has 0 spiro atoms. The van der Waals surface area contributed by atoms with Crippen LogP contribution in [0.25, 0.3) is 0 Å². The molecule has 1 aromatic carbocycles. The molecular formula is C14H17NO4S. The molecule has 0 fully saturated rings. The molecule has 0 N–H and O–H groups in total. The Hall–Kier alpha value is -1.82. The predicted molar refractivity (Wildman–Crippen MR) is 75.6 cm³/mol. The summed E-state index contributed by atoms with van der Waals surface area (Å²) in [4.78, 5) is 4.76. The SMILES string of the molecule is COc1cc(C)c([S@@](=O)Cc2ncc(C)o2)cc1OC. The fourth-order valence-electron chi connectivity index (χ4n) is 1.87. The Bertz CT molecular complexity index is 636. The second-order valence-corrected chi connectivity index (χ2v) is 5.75. The molecule has 0 radical (unpaired) electrons. The summed E-state index contributed by atoms with van der Waals surface area (Å²) in [6, 6.07) is 3.55. The van der Waals surface area contributed by atoms with E-state index in [4.69, 9.17) is 13.9 Å². The molecule has 1 heterocycles. The number of hydrogen-bond donors (Lipinski definition) is 0. The Morgan fingerprint density at radius 3 is 2.40 bits per heavy atom. The highest BCUT2D eigenvalue weighted by molar-refractivity contribution is 7.84. The summed E-state index contributed by atoms with van der Waals surface area (Å²) in [5, 5.41) is 0. The number of hydrogen-bond acceptors (Lipinski definition) is 5. The minimum atomic E-state index is -1.25. The van der Waals surface area contributed by atoms with Gasteiger partial charge in [-0.15, -0.1) is 0 Å². The second kappa shape index (κ2) is 6.09. The van der Waals surface area contributed by atoms with Gasteiger partial charge in [0.1, 0.15) is 11.5 Å². The lowest BCUT2D eigenvalue weighted by atomic mass is 10.2. The largest absolute Gasteiger partial charge is 0.493 e. The van der Waals surface area contributed by atoms with Crippen LogP contribution in [0.5, 0.6) is 11.5 Å². The average molecular weight is 295 g/mol. The monoisotopic (exact) mass is 295 g/mol. The van der Waals surface area contributed by atoms with Crippen LogP contribution in [-0.4, -0.2) is 23.4 Å². The fourth-order valence-corrected chi connectivity index (χ4v) is 3.04. The van der Waals surface area contributed by atoms with Gasteiger partial charge >= 0.3 is 0 Å². The molecule has 0 bridgehead atoms. The van der Waals surface area contributed by atoms with Gasteiger partial charge in [0.25, 0.3) is 0 Å². The Morgan fingerprint density at radius 1 is 1.20 bits per heavy atom. The van der Waals surface area contributed by atoms with Crippen LogP contribution in [0.2, 0.25) is 0 Å². The van der Waals surface area contributed by atoms with Crippen LogP contribution in [0.1, 0.15) is 17.2 Å². The molecule has 0 amide bonds. The number of benzene rings is 1. The molecule has 0 saturated heterocycles. The van der Waals surface area contributed by atoms with Crippen LogP contribution in [0.15, 0.2) is 27.6 Å². The first kappa shape index (κ1) is 14.6. The van der Waals surface area contributed by atoms with Gasteiger partial charge in [-0.3, -0.25) is 4.21 Å². The van der Waals surface area contributed by atoms with Crippen LogP contribution in [0.3, 0.4) is 0 Å². The zero-order chi connectivity index (χ0) is 14.7. The first-order valence-electron chi connectivity index (χ1n) is 6.07. The summed E-state index contributed by atoms with van der Waals surface area (Å²) in [6.07, 6.45) is 1.62. The highest BCUT2D eigenvalue weighted by Gasteiger charge is 2.15. The van der Waals surface area contributed by atoms with Gasteiger partial charge in [0, 0.05) is 11.0 Å². The lowest BCUT2D eigenvalue weighted by molar-refractivity contribution is 0.353. The van der Waals surface area contributed by atoms with E-state index in [1.54, 1.807) is 33.4 Å². The Morgan fingerprint density at radius 2 is 1.85 bits per heavy atom. The zero-order valence-corrected chi connectivity index (χ0v) is 12.7. The molecular weight excluding hydrogens is 278 g/mol. The first-order valence-corrected chi connectivity index (χ1v) is 7.39. The van der Waals surface area contributed by atoms with E-state index in [1.165, 1.54) is 0 Å². The van der Waals surface area contributed by atoms with Crippen molar-refractivity contribution in [2.24, 2.45) is 0 Å². The Balaban J connectivity index is 2.29. The topological polar surface area (TPSA) is 61.6 Å². The summed E-state index contributed by atoms with van der Waals surface area (Å²) in [6.45, 7) is 3.69. The maximum Gasteiger partial charge on any atom is 0.207 e. The van der Waals surface area contributed by atoms with Crippen LogP contribution in [-0.2, 0) is 16.6 Å². The van der Waals surface area contributed by atoms with Gasteiger partial charge in [0.2, 0.25) is 5.89 Å². The summed E-state index contributed by atoms with van der Waals surface area (Å²) < 4.78 is 28.2. The standard InChI is InChI=1S/C14H17NO4S/c1-9-5-11(17-3)12(18-4)6-13(9)20(16)8-14-15-7-10(2)19-14/h5-7H,8H2,1-4H3/t20-/m0/s1. The van der Waals surface area contributed by atoms with E-state index in [-0.39, 0.29) is 5.75 Å². The van der Waals surface area contributed by atoms with Crippen molar-refractivity contribution in [3.05, 3.63) is 35.5 Å². The van der Waals surface area contributed by atoms with E-state index in [1.807, 2.05) is 13.0 Å². The molecule has 20 heavy (non-hydrogen) atoms. The van der Waals surface area contributed by atoms with Crippen molar-refractivity contribution >= 4 is 10.8 Å². The van der Waals surface area contributed by atoms with Gasteiger partial charge in [0.15, 0.2) is 11.5 Å². The fraction of sp³-hybridized carbons (Fsp3) is 0.357. The van der Waals surface area contributed by atoms with E-state index in [9.17, 15) is 4.21 Å². The molecule has 2 rings (SSSR count). The molecule has 0 unspecified atom stereocenters. The van der Waals surface area contributed by atoms with Gasteiger partial charge in [-0.05, 0) is 25.5 Å². The van der Waals surface area contributed by atoms with Crippen molar-refractivity contribution in [1.29, 1.82) is 0 Å². The van der Waals surface area contributed by atoms with E-state index in [2.05, 4.69) is 4.98 Å². The first-order chi connectivity index (χ1) is 9.55.